The van der Waals surface area contributed by atoms with E-state index in [0.717, 1.165) is 17.1 Å². The van der Waals surface area contributed by atoms with Gasteiger partial charge in [0.15, 0.2) is 17.3 Å². The molecule has 4 heteroatoms. The predicted molar refractivity (Wildman–Crippen MR) is 111 cm³/mol. The first-order valence-electron chi connectivity index (χ1n) is 9.00. The van der Waals surface area contributed by atoms with Gasteiger partial charge in [0.1, 0.15) is 0 Å². The zero-order valence-electron chi connectivity index (χ0n) is 16.1. The van der Waals surface area contributed by atoms with Crippen molar-refractivity contribution >= 4 is 34.4 Å². The molecule has 3 rings (SSSR count). The number of rotatable bonds is 6. The fourth-order valence-corrected chi connectivity index (χ4v) is 2.98. The van der Waals surface area contributed by atoms with Crippen LogP contribution in [0.5, 0.6) is 0 Å². The van der Waals surface area contributed by atoms with Crippen LogP contribution in [0, 0.1) is 0 Å². The van der Waals surface area contributed by atoms with Gasteiger partial charge in [-0.3, -0.25) is 14.4 Å². The van der Waals surface area contributed by atoms with Gasteiger partial charge in [0, 0.05) is 33.8 Å². The van der Waals surface area contributed by atoms with Gasteiger partial charge in [-0.1, -0.05) is 0 Å². The maximum Gasteiger partial charge on any atom is 0.159 e. The molecule has 0 fully saturated rings. The Morgan fingerprint density at radius 3 is 0.857 bits per heavy atom. The average Bonchev–Trinajstić information content (AvgIpc) is 2.69. The van der Waals surface area contributed by atoms with Crippen LogP contribution < -0.4 is 4.90 Å². The molecule has 0 aromatic heterocycles. The topological polar surface area (TPSA) is 54.5 Å². The Hall–Kier alpha value is -3.53. The third-order valence-corrected chi connectivity index (χ3v) is 4.60. The molecule has 28 heavy (non-hydrogen) atoms. The van der Waals surface area contributed by atoms with E-state index < -0.39 is 0 Å². The van der Waals surface area contributed by atoms with Crippen LogP contribution in [0.1, 0.15) is 51.8 Å². The summed E-state index contributed by atoms with van der Waals surface area (Å²) in [5, 5.41) is 0. The van der Waals surface area contributed by atoms with Crippen LogP contribution in [0.25, 0.3) is 0 Å². The van der Waals surface area contributed by atoms with E-state index in [1.54, 1.807) is 36.4 Å². The maximum atomic E-state index is 11.6. The van der Waals surface area contributed by atoms with Gasteiger partial charge < -0.3 is 4.90 Å². The highest BCUT2D eigenvalue weighted by molar-refractivity contribution is 5.96. The average molecular weight is 371 g/mol. The Morgan fingerprint density at radius 1 is 0.464 bits per heavy atom. The maximum absolute atomic E-state index is 11.6. The van der Waals surface area contributed by atoms with Crippen LogP contribution in [0.15, 0.2) is 72.8 Å². The van der Waals surface area contributed by atoms with Crippen molar-refractivity contribution in [2.45, 2.75) is 20.8 Å². The van der Waals surface area contributed by atoms with E-state index in [1.165, 1.54) is 20.8 Å². The molecule has 0 N–H and O–H groups in total. The highest BCUT2D eigenvalue weighted by Crippen LogP contribution is 2.34. The van der Waals surface area contributed by atoms with E-state index in [4.69, 9.17) is 0 Å². The zero-order valence-corrected chi connectivity index (χ0v) is 16.1. The van der Waals surface area contributed by atoms with E-state index in [-0.39, 0.29) is 17.3 Å². The fourth-order valence-electron chi connectivity index (χ4n) is 2.98. The molecule has 0 amide bonds. The summed E-state index contributed by atoms with van der Waals surface area (Å²) in [6.07, 6.45) is 0. The summed E-state index contributed by atoms with van der Waals surface area (Å²) < 4.78 is 0. The summed E-state index contributed by atoms with van der Waals surface area (Å²) in [5.74, 6) is 0.0270. The molecule has 0 unspecified atom stereocenters. The second-order valence-corrected chi connectivity index (χ2v) is 6.64. The highest BCUT2D eigenvalue weighted by atomic mass is 16.1. The van der Waals surface area contributed by atoms with Gasteiger partial charge in [-0.25, -0.2) is 0 Å². The lowest BCUT2D eigenvalue weighted by atomic mass is 10.1. The number of anilines is 3. The van der Waals surface area contributed by atoms with Crippen molar-refractivity contribution in [1.82, 2.24) is 0 Å². The minimum absolute atomic E-state index is 0.00900. The van der Waals surface area contributed by atoms with E-state index >= 15 is 0 Å². The third-order valence-electron chi connectivity index (χ3n) is 4.60. The van der Waals surface area contributed by atoms with Gasteiger partial charge >= 0.3 is 0 Å². The molecule has 3 aromatic carbocycles. The first kappa shape index (κ1) is 19.2. The molecule has 0 saturated heterocycles. The van der Waals surface area contributed by atoms with Gasteiger partial charge in [0.2, 0.25) is 0 Å². The van der Waals surface area contributed by atoms with Gasteiger partial charge in [-0.05, 0) is 93.6 Å². The number of benzene rings is 3. The minimum atomic E-state index is 0.00900. The monoisotopic (exact) mass is 371 g/mol. The molecule has 0 saturated carbocycles. The van der Waals surface area contributed by atoms with Crippen LogP contribution in [0.2, 0.25) is 0 Å². The largest absolute Gasteiger partial charge is 0.311 e. The SMILES string of the molecule is CC(=O)c1ccc(N(c2ccc(C(C)=O)cc2)c2ccc(C(C)=O)cc2)cc1. The predicted octanol–water partition coefficient (Wildman–Crippen LogP) is 5.76. The summed E-state index contributed by atoms with van der Waals surface area (Å²) in [6.45, 7) is 4.61. The lowest BCUT2D eigenvalue weighted by Crippen LogP contribution is -2.10. The molecule has 0 aliphatic heterocycles. The smallest absolute Gasteiger partial charge is 0.159 e. The number of carbonyl (C=O) groups is 3. The Morgan fingerprint density at radius 2 is 0.679 bits per heavy atom. The number of nitrogens with zero attached hydrogens (tertiary/aromatic N) is 1. The second-order valence-electron chi connectivity index (χ2n) is 6.64. The Kier molecular flexibility index (Phi) is 5.50. The quantitative estimate of drug-likeness (QED) is 0.517. The normalized spacial score (nSPS) is 10.4. The summed E-state index contributed by atoms with van der Waals surface area (Å²) in [4.78, 5) is 36.8. The van der Waals surface area contributed by atoms with Crippen molar-refractivity contribution < 1.29 is 14.4 Å². The van der Waals surface area contributed by atoms with E-state index in [9.17, 15) is 14.4 Å². The molecule has 0 atom stereocenters. The molecular weight excluding hydrogens is 350 g/mol. The van der Waals surface area contributed by atoms with E-state index in [1.807, 2.05) is 41.3 Å². The van der Waals surface area contributed by atoms with Gasteiger partial charge in [0.25, 0.3) is 0 Å². The van der Waals surface area contributed by atoms with Crippen molar-refractivity contribution in [2.75, 3.05) is 4.90 Å². The van der Waals surface area contributed by atoms with Crippen LogP contribution in [0.4, 0.5) is 17.1 Å². The molecule has 4 nitrogen and oxygen atoms in total. The molecule has 0 heterocycles. The number of carbonyl (C=O) groups excluding carboxylic acids is 3. The van der Waals surface area contributed by atoms with Crippen molar-refractivity contribution in [1.29, 1.82) is 0 Å². The van der Waals surface area contributed by atoms with Gasteiger partial charge in [0.05, 0.1) is 0 Å². The molecular formula is C24H21NO3. The Labute approximate surface area is 164 Å². The lowest BCUT2D eigenvalue weighted by molar-refractivity contribution is 0.100. The standard InChI is InChI=1S/C24H21NO3/c1-16(26)19-4-10-22(11-5-19)25(23-12-6-20(7-13-23)17(2)27)24-14-8-21(9-15-24)18(3)28/h4-15H,1-3H3. The molecule has 3 aromatic rings. The number of Topliss-reactive ketones (excluding diaryl/α,β-unsaturated/α-hetero) is 3. The van der Waals surface area contributed by atoms with Crippen molar-refractivity contribution in [2.24, 2.45) is 0 Å². The molecule has 0 radical (unpaired) electrons. The highest BCUT2D eigenvalue weighted by Gasteiger charge is 2.14. The zero-order chi connectivity index (χ0) is 20.3. The van der Waals surface area contributed by atoms with Crippen molar-refractivity contribution in [3.8, 4) is 0 Å². The first-order chi connectivity index (χ1) is 13.4. The van der Waals surface area contributed by atoms with Crippen LogP contribution in [-0.2, 0) is 0 Å². The summed E-state index contributed by atoms with van der Waals surface area (Å²) in [6, 6.07) is 22.0. The molecule has 0 aliphatic rings. The van der Waals surface area contributed by atoms with Crippen LogP contribution >= 0.6 is 0 Å². The van der Waals surface area contributed by atoms with E-state index in [2.05, 4.69) is 0 Å². The van der Waals surface area contributed by atoms with Crippen molar-refractivity contribution in [3.05, 3.63) is 89.5 Å². The third kappa shape index (κ3) is 4.07. The van der Waals surface area contributed by atoms with Crippen LogP contribution in [0.3, 0.4) is 0 Å². The number of hydrogen-bond donors (Lipinski definition) is 0. The molecule has 0 bridgehead atoms. The Balaban J connectivity index is 2.08. The van der Waals surface area contributed by atoms with Gasteiger partial charge in [-0.15, -0.1) is 0 Å². The van der Waals surface area contributed by atoms with Crippen LogP contribution in [-0.4, -0.2) is 17.3 Å². The summed E-state index contributed by atoms with van der Waals surface area (Å²) >= 11 is 0. The number of ketones is 3. The lowest BCUT2D eigenvalue weighted by Gasteiger charge is -2.26. The van der Waals surface area contributed by atoms with Gasteiger partial charge in [-0.2, -0.15) is 0 Å². The molecule has 140 valence electrons. The Bertz CT molecular complexity index is 880. The molecule has 0 spiro atoms. The second kappa shape index (κ2) is 8.01. The van der Waals surface area contributed by atoms with Crippen molar-refractivity contribution in [3.63, 3.8) is 0 Å². The minimum Gasteiger partial charge on any atom is -0.311 e. The summed E-state index contributed by atoms with van der Waals surface area (Å²) in [7, 11) is 0. The van der Waals surface area contributed by atoms with E-state index in [0.29, 0.717) is 16.7 Å². The first-order valence-corrected chi connectivity index (χ1v) is 9.00. The fraction of sp³-hybridized carbons (Fsp3) is 0.125. The summed E-state index contributed by atoms with van der Waals surface area (Å²) in [5.41, 5.74) is 4.54. The molecule has 0 aliphatic carbocycles. The number of hydrogen-bond acceptors (Lipinski definition) is 4.